The lowest BCUT2D eigenvalue weighted by molar-refractivity contribution is -0.139. The van der Waals surface area contributed by atoms with Crippen LogP contribution >= 0.6 is 11.6 Å². The molecule has 0 aliphatic carbocycles. The Bertz CT molecular complexity index is 1300. The highest BCUT2D eigenvalue weighted by Gasteiger charge is 2.32. The Morgan fingerprint density at radius 2 is 1.64 bits per heavy atom. The van der Waals surface area contributed by atoms with Crippen LogP contribution in [0, 0.1) is 6.92 Å². The number of anilines is 1. The average molecular weight is 528 g/mol. The van der Waals surface area contributed by atoms with Gasteiger partial charge in [-0.2, -0.15) is 0 Å². The zero-order valence-corrected chi connectivity index (χ0v) is 22.1. The number of hydrogen-bond donors (Lipinski definition) is 1. The van der Waals surface area contributed by atoms with Gasteiger partial charge in [0, 0.05) is 18.1 Å². The zero-order chi connectivity index (χ0) is 26.3. The molecule has 0 saturated carbocycles. The highest BCUT2D eigenvalue weighted by atomic mass is 35.5. The smallest absolute Gasteiger partial charge is 0.264 e. The van der Waals surface area contributed by atoms with E-state index in [9.17, 15) is 18.0 Å². The summed E-state index contributed by atoms with van der Waals surface area (Å²) in [4.78, 5) is 27.9. The number of halogens is 1. The lowest BCUT2D eigenvalue weighted by Gasteiger charge is -2.32. The molecule has 0 fully saturated rings. The number of amides is 2. The van der Waals surface area contributed by atoms with E-state index in [-0.39, 0.29) is 23.0 Å². The van der Waals surface area contributed by atoms with Gasteiger partial charge in [-0.1, -0.05) is 59.6 Å². The molecule has 0 radical (unpaired) electrons. The highest BCUT2D eigenvalue weighted by molar-refractivity contribution is 7.92. The minimum Gasteiger partial charge on any atom is -0.355 e. The van der Waals surface area contributed by atoms with Crippen LogP contribution < -0.4 is 9.62 Å². The molecule has 0 aromatic heterocycles. The minimum atomic E-state index is -4.09. The first-order valence-electron chi connectivity index (χ1n) is 11.6. The second-order valence-electron chi connectivity index (χ2n) is 8.38. The standard InChI is InChI=1S/C27H30ClN3O4S/c1-4-29-27(33)21(3)30(18-22-10-8-9-20(2)17-22)26(32)19-31(24-15-13-23(28)14-16-24)36(34,35)25-11-6-5-7-12-25/h5-17,21H,4,18-19H2,1-3H3,(H,29,33)/t21-/m1/s1. The molecule has 7 nitrogen and oxygen atoms in total. The minimum absolute atomic E-state index is 0.0507. The van der Waals surface area contributed by atoms with Gasteiger partial charge in [-0.25, -0.2) is 8.42 Å². The van der Waals surface area contributed by atoms with Gasteiger partial charge in [0.05, 0.1) is 10.6 Å². The fraction of sp³-hybridized carbons (Fsp3) is 0.259. The van der Waals surface area contributed by atoms with Gasteiger partial charge in [0.15, 0.2) is 0 Å². The number of nitrogens with zero attached hydrogens (tertiary/aromatic N) is 2. The van der Waals surface area contributed by atoms with E-state index in [0.717, 1.165) is 15.4 Å². The number of likely N-dealkylation sites (N-methyl/N-ethyl adjacent to an activating group) is 1. The molecule has 3 aromatic rings. The van der Waals surface area contributed by atoms with Gasteiger partial charge in [-0.15, -0.1) is 0 Å². The third kappa shape index (κ3) is 6.65. The van der Waals surface area contributed by atoms with Gasteiger partial charge >= 0.3 is 0 Å². The van der Waals surface area contributed by atoms with Crippen LogP contribution in [-0.4, -0.2) is 44.3 Å². The zero-order valence-electron chi connectivity index (χ0n) is 20.5. The number of rotatable bonds is 10. The Kier molecular flexibility index (Phi) is 9.12. The first kappa shape index (κ1) is 27.2. The summed E-state index contributed by atoms with van der Waals surface area (Å²) in [6.45, 7) is 5.45. The number of sulfonamides is 1. The van der Waals surface area contributed by atoms with Crippen molar-refractivity contribution in [2.45, 2.75) is 38.3 Å². The van der Waals surface area contributed by atoms with Crippen molar-refractivity contribution in [1.82, 2.24) is 10.2 Å². The van der Waals surface area contributed by atoms with Gasteiger partial charge in [-0.3, -0.25) is 13.9 Å². The average Bonchev–Trinajstić information content (AvgIpc) is 2.86. The lowest BCUT2D eigenvalue weighted by atomic mass is 10.1. The number of aryl methyl sites for hydroxylation is 1. The molecule has 0 unspecified atom stereocenters. The molecule has 2 amide bonds. The first-order valence-corrected chi connectivity index (χ1v) is 13.4. The summed E-state index contributed by atoms with van der Waals surface area (Å²) in [5.74, 6) is -0.827. The molecule has 1 atom stereocenters. The molecule has 3 rings (SSSR count). The summed E-state index contributed by atoms with van der Waals surface area (Å²) >= 11 is 6.03. The molecule has 9 heteroatoms. The fourth-order valence-corrected chi connectivity index (χ4v) is 5.33. The summed E-state index contributed by atoms with van der Waals surface area (Å²) in [6.07, 6.45) is 0. The Hall–Kier alpha value is -3.36. The molecule has 0 saturated heterocycles. The van der Waals surface area contributed by atoms with Crippen LogP contribution in [0.3, 0.4) is 0 Å². The predicted octanol–water partition coefficient (Wildman–Crippen LogP) is 4.40. The topological polar surface area (TPSA) is 86.8 Å². The molecular formula is C27H30ClN3O4S. The van der Waals surface area contributed by atoms with Crippen molar-refractivity contribution in [2.24, 2.45) is 0 Å². The SMILES string of the molecule is CCNC(=O)[C@@H](C)N(Cc1cccc(C)c1)C(=O)CN(c1ccc(Cl)cc1)S(=O)(=O)c1ccccc1. The van der Waals surface area contributed by atoms with Gasteiger partial charge in [-0.05, 0) is 62.7 Å². The maximum absolute atomic E-state index is 13.7. The van der Waals surface area contributed by atoms with Crippen LogP contribution in [0.5, 0.6) is 0 Å². The van der Waals surface area contributed by atoms with Crippen molar-refractivity contribution < 1.29 is 18.0 Å². The van der Waals surface area contributed by atoms with Crippen LogP contribution in [0.4, 0.5) is 5.69 Å². The number of nitrogens with one attached hydrogen (secondary N) is 1. The number of hydrogen-bond acceptors (Lipinski definition) is 4. The van der Waals surface area contributed by atoms with Crippen LogP contribution in [0.25, 0.3) is 0 Å². The molecule has 0 aliphatic heterocycles. The van der Waals surface area contributed by atoms with E-state index >= 15 is 0 Å². The van der Waals surface area contributed by atoms with E-state index in [1.54, 1.807) is 56.3 Å². The van der Waals surface area contributed by atoms with E-state index in [1.165, 1.54) is 17.0 Å². The van der Waals surface area contributed by atoms with Crippen molar-refractivity contribution in [3.05, 3.63) is 95.0 Å². The maximum atomic E-state index is 13.7. The number of benzene rings is 3. The van der Waals surface area contributed by atoms with Crippen LogP contribution in [0.2, 0.25) is 5.02 Å². The summed E-state index contributed by atoms with van der Waals surface area (Å²) in [5.41, 5.74) is 2.14. The molecule has 0 heterocycles. The van der Waals surface area contributed by atoms with Crippen molar-refractivity contribution in [3.63, 3.8) is 0 Å². The molecule has 1 N–H and O–H groups in total. The number of carbonyl (C=O) groups is 2. The Morgan fingerprint density at radius 3 is 2.25 bits per heavy atom. The van der Waals surface area contributed by atoms with Crippen molar-refractivity contribution in [1.29, 1.82) is 0 Å². The van der Waals surface area contributed by atoms with Gasteiger partial charge < -0.3 is 10.2 Å². The normalized spacial score (nSPS) is 12.0. The quantitative estimate of drug-likeness (QED) is 0.423. The van der Waals surface area contributed by atoms with Crippen molar-refractivity contribution >= 4 is 39.1 Å². The van der Waals surface area contributed by atoms with E-state index in [0.29, 0.717) is 11.6 Å². The summed E-state index contributed by atoms with van der Waals surface area (Å²) < 4.78 is 28.3. The molecule has 190 valence electrons. The fourth-order valence-electron chi connectivity index (χ4n) is 3.77. The Balaban J connectivity index is 2.01. The third-order valence-electron chi connectivity index (χ3n) is 5.68. The van der Waals surface area contributed by atoms with Gasteiger partial charge in [0.1, 0.15) is 12.6 Å². The van der Waals surface area contributed by atoms with Crippen molar-refractivity contribution in [3.8, 4) is 0 Å². The molecule has 0 spiro atoms. The highest BCUT2D eigenvalue weighted by Crippen LogP contribution is 2.26. The second kappa shape index (κ2) is 12.1. The molecule has 0 aliphatic rings. The Morgan fingerprint density at radius 1 is 0.972 bits per heavy atom. The van der Waals surface area contributed by atoms with Crippen LogP contribution in [0.15, 0.2) is 83.8 Å². The monoisotopic (exact) mass is 527 g/mol. The first-order chi connectivity index (χ1) is 17.1. The molecule has 3 aromatic carbocycles. The maximum Gasteiger partial charge on any atom is 0.264 e. The lowest BCUT2D eigenvalue weighted by Crippen LogP contribution is -2.51. The predicted molar refractivity (Wildman–Crippen MR) is 142 cm³/mol. The molecular weight excluding hydrogens is 498 g/mol. The van der Waals surface area contributed by atoms with Gasteiger partial charge in [0.2, 0.25) is 11.8 Å². The molecule has 36 heavy (non-hydrogen) atoms. The largest absolute Gasteiger partial charge is 0.355 e. The number of carbonyl (C=O) groups excluding carboxylic acids is 2. The summed E-state index contributed by atoms with van der Waals surface area (Å²) in [5, 5.41) is 3.18. The third-order valence-corrected chi connectivity index (χ3v) is 7.72. The Labute approximate surface area is 217 Å². The van der Waals surface area contributed by atoms with E-state index < -0.39 is 28.5 Å². The summed E-state index contributed by atoms with van der Waals surface area (Å²) in [7, 11) is -4.09. The second-order valence-corrected chi connectivity index (χ2v) is 10.7. The van der Waals surface area contributed by atoms with E-state index in [1.807, 2.05) is 31.2 Å². The molecule has 0 bridgehead atoms. The van der Waals surface area contributed by atoms with Crippen molar-refractivity contribution in [2.75, 3.05) is 17.4 Å². The van der Waals surface area contributed by atoms with E-state index in [2.05, 4.69) is 5.32 Å². The van der Waals surface area contributed by atoms with E-state index in [4.69, 9.17) is 11.6 Å². The van der Waals surface area contributed by atoms with Crippen LogP contribution in [-0.2, 0) is 26.2 Å². The van der Waals surface area contributed by atoms with Crippen LogP contribution in [0.1, 0.15) is 25.0 Å². The summed E-state index contributed by atoms with van der Waals surface area (Å²) in [6, 6.07) is 21.0. The van der Waals surface area contributed by atoms with Gasteiger partial charge in [0.25, 0.3) is 10.0 Å².